The molecule has 0 aliphatic heterocycles. The van der Waals surface area contributed by atoms with Crippen LogP contribution in [0.3, 0.4) is 0 Å². The van der Waals surface area contributed by atoms with Gasteiger partial charge in [0, 0.05) is 28.9 Å². The van der Waals surface area contributed by atoms with Gasteiger partial charge < -0.3 is 10.2 Å². The van der Waals surface area contributed by atoms with E-state index in [0.717, 1.165) is 13.1 Å². The third-order valence-electron chi connectivity index (χ3n) is 2.43. The van der Waals surface area contributed by atoms with Gasteiger partial charge in [0.1, 0.15) is 0 Å². The summed E-state index contributed by atoms with van der Waals surface area (Å²) in [5, 5.41) is 3.45. The first-order chi connectivity index (χ1) is 7.61. The molecule has 0 bridgehead atoms. The number of rotatable bonds is 7. The van der Waals surface area contributed by atoms with E-state index in [2.05, 4.69) is 50.2 Å². The van der Waals surface area contributed by atoms with Crippen LogP contribution in [0.1, 0.15) is 36.9 Å². The van der Waals surface area contributed by atoms with Crippen LogP contribution in [-0.2, 0) is 13.1 Å². The van der Waals surface area contributed by atoms with Crippen LogP contribution in [0.5, 0.6) is 0 Å². The molecule has 2 nitrogen and oxygen atoms in total. The molecule has 3 heteroatoms. The molecule has 1 heterocycles. The molecule has 0 saturated heterocycles. The standard InChI is InChI=1S/C13H24N2S/c1-5-8-15(4)10-13-7-6-12(16-13)9-14-11(2)3/h6-7,11,14H,5,8-10H2,1-4H3. The first kappa shape index (κ1) is 13.7. The van der Waals surface area contributed by atoms with Gasteiger partial charge >= 0.3 is 0 Å². The Morgan fingerprint density at radius 3 is 2.62 bits per heavy atom. The molecule has 0 aromatic carbocycles. The maximum atomic E-state index is 3.45. The Morgan fingerprint density at radius 2 is 2.00 bits per heavy atom. The van der Waals surface area contributed by atoms with Gasteiger partial charge in [0.15, 0.2) is 0 Å². The second-order valence-corrected chi connectivity index (χ2v) is 5.89. The minimum absolute atomic E-state index is 0.563. The summed E-state index contributed by atoms with van der Waals surface area (Å²) in [7, 11) is 2.19. The lowest BCUT2D eigenvalue weighted by Crippen LogP contribution is -2.21. The Balaban J connectivity index is 2.39. The SMILES string of the molecule is CCCN(C)Cc1ccc(CNC(C)C)s1. The maximum Gasteiger partial charge on any atom is 0.0324 e. The average Bonchev–Trinajstić information content (AvgIpc) is 2.63. The van der Waals surface area contributed by atoms with Crippen molar-refractivity contribution >= 4 is 11.3 Å². The predicted octanol–water partition coefficient (Wildman–Crippen LogP) is 3.09. The molecule has 0 aliphatic carbocycles. The fourth-order valence-corrected chi connectivity index (χ4v) is 2.68. The molecule has 0 radical (unpaired) electrons. The van der Waals surface area contributed by atoms with Crippen LogP contribution >= 0.6 is 11.3 Å². The highest BCUT2D eigenvalue weighted by atomic mass is 32.1. The van der Waals surface area contributed by atoms with Crippen LogP contribution in [0.15, 0.2) is 12.1 Å². The maximum absolute atomic E-state index is 3.45. The summed E-state index contributed by atoms with van der Waals surface area (Å²) in [6.07, 6.45) is 1.23. The van der Waals surface area contributed by atoms with Gasteiger partial charge in [-0.15, -0.1) is 11.3 Å². The van der Waals surface area contributed by atoms with Gasteiger partial charge in [-0.1, -0.05) is 20.8 Å². The average molecular weight is 240 g/mol. The minimum Gasteiger partial charge on any atom is -0.310 e. The van der Waals surface area contributed by atoms with Gasteiger partial charge in [0.05, 0.1) is 0 Å². The molecule has 0 atom stereocenters. The van der Waals surface area contributed by atoms with Crippen LogP contribution in [0, 0.1) is 0 Å². The molecule has 0 aliphatic rings. The summed E-state index contributed by atoms with van der Waals surface area (Å²) in [5.74, 6) is 0. The van der Waals surface area contributed by atoms with Crippen molar-refractivity contribution in [1.82, 2.24) is 10.2 Å². The van der Waals surface area contributed by atoms with Crippen molar-refractivity contribution < 1.29 is 0 Å². The molecular formula is C13H24N2S. The lowest BCUT2D eigenvalue weighted by atomic mass is 10.3. The predicted molar refractivity (Wildman–Crippen MR) is 72.9 cm³/mol. The lowest BCUT2D eigenvalue weighted by molar-refractivity contribution is 0.330. The van der Waals surface area contributed by atoms with Crippen molar-refractivity contribution in [3.8, 4) is 0 Å². The van der Waals surface area contributed by atoms with E-state index in [1.54, 1.807) is 0 Å². The third kappa shape index (κ3) is 5.10. The second kappa shape index (κ2) is 7.05. The van der Waals surface area contributed by atoms with Crippen LogP contribution in [-0.4, -0.2) is 24.5 Å². The number of thiophene rings is 1. The first-order valence-electron chi connectivity index (χ1n) is 6.11. The fraction of sp³-hybridized carbons (Fsp3) is 0.692. The summed E-state index contributed by atoms with van der Waals surface area (Å²) in [5.41, 5.74) is 0. The van der Waals surface area contributed by atoms with E-state index in [1.165, 1.54) is 22.7 Å². The monoisotopic (exact) mass is 240 g/mol. The largest absolute Gasteiger partial charge is 0.310 e. The molecule has 0 saturated carbocycles. The van der Waals surface area contributed by atoms with Crippen molar-refractivity contribution in [1.29, 1.82) is 0 Å². The first-order valence-corrected chi connectivity index (χ1v) is 6.93. The quantitative estimate of drug-likeness (QED) is 0.788. The molecule has 1 N–H and O–H groups in total. The summed E-state index contributed by atoms with van der Waals surface area (Å²) < 4.78 is 0. The third-order valence-corrected chi connectivity index (χ3v) is 3.50. The van der Waals surface area contributed by atoms with E-state index in [4.69, 9.17) is 0 Å². The Labute approximate surface area is 104 Å². The fourth-order valence-electron chi connectivity index (χ4n) is 1.63. The van der Waals surface area contributed by atoms with Crippen molar-refractivity contribution in [2.45, 2.75) is 46.3 Å². The van der Waals surface area contributed by atoms with E-state index >= 15 is 0 Å². The van der Waals surface area contributed by atoms with Crippen molar-refractivity contribution in [2.24, 2.45) is 0 Å². The highest BCUT2D eigenvalue weighted by molar-refractivity contribution is 7.11. The van der Waals surface area contributed by atoms with E-state index in [0.29, 0.717) is 6.04 Å². The normalized spacial score (nSPS) is 11.6. The summed E-state index contributed by atoms with van der Waals surface area (Å²) in [6, 6.07) is 5.07. The molecule has 0 spiro atoms. The van der Waals surface area contributed by atoms with Gasteiger partial charge in [-0.3, -0.25) is 0 Å². The topological polar surface area (TPSA) is 15.3 Å². The summed E-state index contributed by atoms with van der Waals surface area (Å²) in [4.78, 5) is 5.29. The van der Waals surface area contributed by atoms with Crippen molar-refractivity contribution in [3.05, 3.63) is 21.9 Å². The highest BCUT2D eigenvalue weighted by Crippen LogP contribution is 2.18. The van der Waals surface area contributed by atoms with Crippen LogP contribution in [0.2, 0.25) is 0 Å². The Bertz CT molecular complexity index is 294. The lowest BCUT2D eigenvalue weighted by Gasteiger charge is -2.13. The molecule has 1 rings (SSSR count). The molecule has 0 unspecified atom stereocenters. The van der Waals surface area contributed by atoms with Gasteiger partial charge in [-0.05, 0) is 32.1 Å². The smallest absolute Gasteiger partial charge is 0.0324 e. The Hall–Kier alpha value is -0.380. The van der Waals surface area contributed by atoms with Gasteiger partial charge in [0.25, 0.3) is 0 Å². The zero-order valence-corrected chi connectivity index (χ0v) is 11.7. The Kier molecular flexibility index (Phi) is 6.03. The zero-order valence-electron chi connectivity index (χ0n) is 10.9. The van der Waals surface area contributed by atoms with E-state index in [-0.39, 0.29) is 0 Å². The summed E-state index contributed by atoms with van der Waals surface area (Å²) in [6.45, 7) is 9.85. The molecule has 0 fully saturated rings. The zero-order chi connectivity index (χ0) is 12.0. The molecular weight excluding hydrogens is 216 g/mol. The molecule has 92 valence electrons. The van der Waals surface area contributed by atoms with E-state index in [9.17, 15) is 0 Å². The highest BCUT2D eigenvalue weighted by Gasteiger charge is 2.03. The Morgan fingerprint density at radius 1 is 1.31 bits per heavy atom. The summed E-state index contributed by atoms with van der Waals surface area (Å²) >= 11 is 1.92. The molecule has 1 aromatic heterocycles. The number of hydrogen-bond donors (Lipinski definition) is 1. The van der Waals surface area contributed by atoms with Crippen molar-refractivity contribution in [2.75, 3.05) is 13.6 Å². The second-order valence-electron chi connectivity index (χ2n) is 4.64. The number of hydrogen-bond acceptors (Lipinski definition) is 3. The van der Waals surface area contributed by atoms with Crippen LogP contribution in [0.25, 0.3) is 0 Å². The van der Waals surface area contributed by atoms with Gasteiger partial charge in [0.2, 0.25) is 0 Å². The minimum atomic E-state index is 0.563. The van der Waals surface area contributed by atoms with Crippen molar-refractivity contribution in [3.63, 3.8) is 0 Å². The molecule has 1 aromatic rings. The number of nitrogens with one attached hydrogen (secondary N) is 1. The van der Waals surface area contributed by atoms with E-state index in [1.807, 2.05) is 11.3 Å². The number of nitrogens with zero attached hydrogens (tertiary/aromatic N) is 1. The molecule has 16 heavy (non-hydrogen) atoms. The molecule has 0 amide bonds. The van der Waals surface area contributed by atoms with Crippen LogP contribution in [0.4, 0.5) is 0 Å². The van der Waals surface area contributed by atoms with Gasteiger partial charge in [-0.25, -0.2) is 0 Å². The van der Waals surface area contributed by atoms with Crippen LogP contribution < -0.4 is 5.32 Å². The van der Waals surface area contributed by atoms with E-state index < -0.39 is 0 Å². The van der Waals surface area contributed by atoms with Gasteiger partial charge in [-0.2, -0.15) is 0 Å².